The quantitative estimate of drug-likeness (QED) is 0.826. The molecule has 2 aromatic rings. The monoisotopic (exact) mass is 286 g/mol. The van der Waals surface area contributed by atoms with Crippen molar-refractivity contribution in [3.05, 3.63) is 41.5 Å². The Hall–Kier alpha value is -1.88. The third kappa shape index (κ3) is 3.61. The van der Waals surface area contributed by atoms with Gasteiger partial charge in [0.1, 0.15) is 24.0 Å². The van der Waals surface area contributed by atoms with Crippen LogP contribution in [0.4, 0.5) is 0 Å². The zero-order valence-corrected chi connectivity index (χ0v) is 12.5. The zero-order chi connectivity index (χ0) is 14.5. The molecule has 21 heavy (non-hydrogen) atoms. The smallest absolute Gasteiger partial charge is 0.147 e. The van der Waals surface area contributed by atoms with Crippen LogP contribution in [0.2, 0.25) is 0 Å². The molecule has 0 spiro atoms. The molecule has 5 nitrogen and oxygen atoms in total. The van der Waals surface area contributed by atoms with Crippen molar-refractivity contribution in [2.75, 3.05) is 13.2 Å². The molecular formula is C16H22N4O. The molecule has 1 aliphatic heterocycles. The highest BCUT2D eigenvalue weighted by Gasteiger charge is 2.14. The minimum absolute atomic E-state index is 0.657. The Morgan fingerprint density at radius 2 is 2.24 bits per heavy atom. The summed E-state index contributed by atoms with van der Waals surface area (Å²) in [5, 5.41) is 11.9. The lowest BCUT2D eigenvalue weighted by atomic mass is 10.2. The number of aryl methyl sites for hydroxylation is 2. The largest absolute Gasteiger partial charge is 0.492 e. The van der Waals surface area contributed by atoms with Crippen LogP contribution in [-0.2, 0) is 19.5 Å². The molecule has 0 fully saturated rings. The molecule has 0 radical (unpaired) electrons. The van der Waals surface area contributed by atoms with Crippen molar-refractivity contribution < 1.29 is 4.74 Å². The molecule has 1 aromatic heterocycles. The topological polar surface area (TPSA) is 52.0 Å². The van der Waals surface area contributed by atoms with E-state index in [1.165, 1.54) is 18.4 Å². The Kier molecular flexibility index (Phi) is 4.50. The van der Waals surface area contributed by atoms with Crippen LogP contribution in [0.25, 0.3) is 0 Å². The third-order valence-corrected chi connectivity index (χ3v) is 3.76. The van der Waals surface area contributed by atoms with Crippen LogP contribution >= 0.6 is 0 Å². The van der Waals surface area contributed by atoms with Crippen molar-refractivity contribution in [2.24, 2.45) is 0 Å². The van der Waals surface area contributed by atoms with Crippen molar-refractivity contribution in [2.45, 2.75) is 39.3 Å². The molecular weight excluding hydrogens is 264 g/mol. The molecule has 0 amide bonds. The summed E-state index contributed by atoms with van der Waals surface area (Å²) in [4.78, 5) is 0. The van der Waals surface area contributed by atoms with E-state index in [-0.39, 0.29) is 0 Å². The predicted octanol–water partition coefficient (Wildman–Crippen LogP) is 2.09. The van der Waals surface area contributed by atoms with E-state index >= 15 is 0 Å². The van der Waals surface area contributed by atoms with E-state index in [0.29, 0.717) is 6.61 Å². The van der Waals surface area contributed by atoms with Gasteiger partial charge >= 0.3 is 0 Å². The van der Waals surface area contributed by atoms with Gasteiger partial charge in [-0.2, -0.15) is 0 Å². The average molecular weight is 286 g/mol. The lowest BCUT2D eigenvalue weighted by Gasteiger charge is -2.15. The van der Waals surface area contributed by atoms with Crippen molar-refractivity contribution in [3.63, 3.8) is 0 Å². The molecule has 0 saturated carbocycles. The number of ether oxygens (including phenoxy) is 1. The average Bonchev–Trinajstić information content (AvgIpc) is 2.90. The second-order valence-electron chi connectivity index (χ2n) is 5.48. The Morgan fingerprint density at radius 1 is 1.29 bits per heavy atom. The minimum atomic E-state index is 0.657. The van der Waals surface area contributed by atoms with Gasteiger partial charge in [-0.15, -0.1) is 10.2 Å². The van der Waals surface area contributed by atoms with E-state index in [9.17, 15) is 0 Å². The first-order chi connectivity index (χ1) is 10.3. The van der Waals surface area contributed by atoms with Crippen LogP contribution < -0.4 is 10.1 Å². The number of hydrogen-bond donors (Lipinski definition) is 1. The van der Waals surface area contributed by atoms with Crippen LogP contribution in [0, 0.1) is 6.92 Å². The number of benzene rings is 1. The summed E-state index contributed by atoms with van der Waals surface area (Å²) < 4.78 is 7.96. The highest BCUT2D eigenvalue weighted by Crippen LogP contribution is 2.14. The van der Waals surface area contributed by atoms with Crippen LogP contribution in [0.3, 0.4) is 0 Å². The highest BCUT2D eigenvalue weighted by molar-refractivity contribution is 5.27. The van der Waals surface area contributed by atoms with Gasteiger partial charge in [0.05, 0.1) is 6.54 Å². The summed E-state index contributed by atoms with van der Waals surface area (Å²) in [7, 11) is 0. The fourth-order valence-corrected chi connectivity index (χ4v) is 2.65. The van der Waals surface area contributed by atoms with Crippen LogP contribution in [0.5, 0.6) is 5.75 Å². The molecule has 5 heteroatoms. The Bertz CT molecular complexity index is 594. The van der Waals surface area contributed by atoms with E-state index in [4.69, 9.17) is 4.74 Å². The summed E-state index contributed by atoms with van der Waals surface area (Å²) >= 11 is 0. The van der Waals surface area contributed by atoms with Gasteiger partial charge in [0.2, 0.25) is 0 Å². The summed E-state index contributed by atoms with van der Waals surface area (Å²) in [5.41, 5.74) is 1.22. The fourth-order valence-electron chi connectivity index (χ4n) is 2.65. The highest BCUT2D eigenvalue weighted by atomic mass is 16.5. The second-order valence-corrected chi connectivity index (χ2v) is 5.48. The number of nitrogens with one attached hydrogen (secondary N) is 1. The number of fused-ring (bicyclic) bond motifs is 1. The van der Waals surface area contributed by atoms with Gasteiger partial charge in [-0.05, 0) is 37.5 Å². The van der Waals surface area contributed by atoms with Gasteiger partial charge in [0, 0.05) is 19.5 Å². The summed E-state index contributed by atoms with van der Waals surface area (Å²) in [6.45, 7) is 5.34. The normalized spacial score (nSPS) is 14.0. The number of rotatable bonds is 6. The van der Waals surface area contributed by atoms with E-state index < -0.39 is 0 Å². The van der Waals surface area contributed by atoms with E-state index in [0.717, 1.165) is 43.5 Å². The maximum absolute atomic E-state index is 5.71. The SMILES string of the molecule is Cc1cccc(OCCNCc2nnc3n2CCCC3)c1. The molecule has 2 heterocycles. The van der Waals surface area contributed by atoms with Gasteiger partial charge in [-0.25, -0.2) is 0 Å². The maximum atomic E-state index is 5.71. The van der Waals surface area contributed by atoms with Crippen molar-refractivity contribution in [1.82, 2.24) is 20.1 Å². The predicted molar refractivity (Wildman–Crippen MR) is 81.3 cm³/mol. The number of hydrogen-bond acceptors (Lipinski definition) is 4. The minimum Gasteiger partial charge on any atom is -0.492 e. The molecule has 1 aromatic carbocycles. The maximum Gasteiger partial charge on any atom is 0.147 e. The molecule has 0 atom stereocenters. The first-order valence-corrected chi connectivity index (χ1v) is 7.64. The van der Waals surface area contributed by atoms with Gasteiger partial charge < -0.3 is 14.6 Å². The summed E-state index contributed by atoms with van der Waals surface area (Å²) in [5.74, 6) is 3.10. The van der Waals surface area contributed by atoms with Crippen molar-refractivity contribution in [3.8, 4) is 5.75 Å². The lowest BCUT2D eigenvalue weighted by molar-refractivity contribution is 0.312. The van der Waals surface area contributed by atoms with Gasteiger partial charge in [0.25, 0.3) is 0 Å². The van der Waals surface area contributed by atoms with Gasteiger partial charge in [-0.3, -0.25) is 0 Å². The summed E-state index contributed by atoms with van der Waals surface area (Å²) in [6, 6.07) is 8.12. The number of nitrogens with zero attached hydrogens (tertiary/aromatic N) is 3. The standard InChI is InChI=1S/C16H22N4O/c1-13-5-4-6-14(11-13)21-10-8-17-12-16-19-18-15-7-2-3-9-20(15)16/h4-6,11,17H,2-3,7-10,12H2,1H3. The van der Waals surface area contributed by atoms with Crippen molar-refractivity contribution in [1.29, 1.82) is 0 Å². The Labute approximate surface area is 125 Å². The molecule has 112 valence electrons. The zero-order valence-electron chi connectivity index (χ0n) is 12.5. The number of aromatic nitrogens is 3. The van der Waals surface area contributed by atoms with Crippen LogP contribution in [0.1, 0.15) is 30.1 Å². The lowest BCUT2D eigenvalue weighted by Crippen LogP contribution is -2.23. The van der Waals surface area contributed by atoms with Gasteiger partial charge in [0.15, 0.2) is 0 Å². The van der Waals surface area contributed by atoms with E-state index in [1.54, 1.807) is 0 Å². The van der Waals surface area contributed by atoms with Crippen LogP contribution in [-0.4, -0.2) is 27.9 Å². The van der Waals surface area contributed by atoms with E-state index in [1.807, 2.05) is 12.1 Å². The van der Waals surface area contributed by atoms with Crippen LogP contribution in [0.15, 0.2) is 24.3 Å². The first-order valence-electron chi connectivity index (χ1n) is 7.64. The molecule has 3 rings (SSSR count). The molecule has 0 aliphatic carbocycles. The fraction of sp³-hybridized carbons (Fsp3) is 0.500. The second kappa shape index (κ2) is 6.72. The molecule has 1 N–H and O–H groups in total. The van der Waals surface area contributed by atoms with E-state index in [2.05, 4.69) is 39.1 Å². The third-order valence-electron chi connectivity index (χ3n) is 3.76. The molecule has 1 aliphatic rings. The molecule has 0 saturated heterocycles. The summed E-state index contributed by atoms with van der Waals surface area (Å²) in [6.07, 6.45) is 3.52. The Balaban J connectivity index is 1.41. The molecule has 0 unspecified atom stereocenters. The Morgan fingerprint density at radius 3 is 3.14 bits per heavy atom. The first kappa shape index (κ1) is 14.1. The van der Waals surface area contributed by atoms with Gasteiger partial charge in [-0.1, -0.05) is 12.1 Å². The van der Waals surface area contributed by atoms with Crippen molar-refractivity contribution >= 4 is 0 Å². The molecule has 0 bridgehead atoms.